The number of ether oxygens (including phenoxy) is 1. The molecule has 0 saturated carbocycles. The van der Waals surface area contributed by atoms with Crippen LogP contribution in [0.25, 0.3) is 21.6 Å². The highest BCUT2D eigenvalue weighted by atomic mass is 16.6. The zero-order valence-electron chi connectivity index (χ0n) is 10.9. The second kappa shape index (κ2) is 4.74. The standard InChI is InChI=1S/C10H13N9O2/c11-7-6-8(16-9(12)15-7)19(4-14-6)5-1-2-10(3-20,21-5)17-18-13/h4-5,20H,1-3H2,(H4,11,12,15,16)/t5-,10-/m0/s1. The number of aliphatic hydroxyl groups excluding tert-OH is 1. The Morgan fingerprint density at radius 3 is 3.10 bits per heavy atom. The fraction of sp³-hybridized carbons (Fsp3) is 0.500. The van der Waals surface area contributed by atoms with Crippen molar-refractivity contribution < 1.29 is 9.84 Å². The molecule has 0 unspecified atom stereocenters. The van der Waals surface area contributed by atoms with E-state index >= 15 is 0 Å². The average Bonchev–Trinajstić information content (AvgIpc) is 3.04. The Kier molecular flexibility index (Phi) is 3.01. The van der Waals surface area contributed by atoms with Crippen molar-refractivity contribution in [3.05, 3.63) is 16.8 Å². The molecule has 11 nitrogen and oxygen atoms in total. The van der Waals surface area contributed by atoms with E-state index in [2.05, 4.69) is 25.0 Å². The number of anilines is 2. The lowest BCUT2D eigenvalue weighted by Gasteiger charge is -2.21. The maximum atomic E-state index is 9.38. The molecule has 0 amide bonds. The Hall–Kier alpha value is -2.62. The highest BCUT2D eigenvalue weighted by Crippen LogP contribution is 2.38. The quantitative estimate of drug-likeness (QED) is 0.414. The summed E-state index contributed by atoms with van der Waals surface area (Å²) < 4.78 is 7.31. The van der Waals surface area contributed by atoms with E-state index < -0.39 is 18.6 Å². The molecule has 0 aliphatic carbocycles. The summed E-state index contributed by atoms with van der Waals surface area (Å²) in [6.45, 7) is -0.403. The van der Waals surface area contributed by atoms with E-state index in [0.717, 1.165) is 0 Å². The molecular formula is C10H13N9O2. The van der Waals surface area contributed by atoms with Gasteiger partial charge in [-0.15, -0.1) is 0 Å². The molecule has 1 aliphatic heterocycles. The summed E-state index contributed by atoms with van der Waals surface area (Å²) in [6.07, 6.45) is 1.92. The predicted octanol–water partition coefficient (Wildman–Crippen LogP) is 0.299. The number of fused-ring (bicyclic) bond motifs is 1. The van der Waals surface area contributed by atoms with E-state index in [-0.39, 0.29) is 11.8 Å². The molecule has 2 aromatic rings. The van der Waals surface area contributed by atoms with Crippen molar-refractivity contribution in [2.24, 2.45) is 5.11 Å². The maximum absolute atomic E-state index is 9.38. The zero-order valence-corrected chi connectivity index (χ0v) is 10.9. The summed E-state index contributed by atoms with van der Waals surface area (Å²) in [5, 5.41) is 12.9. The lowest BCUT2D eigenvalue weighted by atomic mass is 10.1. The van der Waals surface area contributed by atoms with E-state index in [1.807, 2.05) is 0 Å². The van der Waals surface area contributed by atoms with Gasteiger partial charge < -0.3 is 21.3 Å². The Bertz CT molecular complexity index is 737. The molecule has 21 heavy (non-hydrogen) atoms. The van der Waals surface area contributed by atoms with Crippen LogP contribution in [0.1, 0.15) is 19.1 Å². The van der Waals surface area contributed by atoms with Gasteiger partial charge in [-0.3, -0.25) is 4.57 Å². The third-order valence-electron chi connectivity index (χ3n) is 3.39. The fourth-order valence-electron chi connectivity index (χ4n) is 2.39. The summed E-state index contributed by atoms with van der Waals surface area (Å²) in [5.41, 5.74) is 19.5. The van der Waals surface area contributed by atoms with Crippen LogP contribution < -0.4 is 11.5 Å². The molecule has 11 heteroatoms. The van der Waals surface area contributed by atoms with Crippen molar-refractivity contribution in [1.29, 1.82) is 0 Å². The number of aliphatic hydroxyl groups is 1. The Balaban J connectivity index is 2.01. The summed E-state index contributed by atoms with van der Waals surface area (Å²) in [6, 6.07) is 0. The lowest BCUT2D eigenvalue weighted by Crippen LogP contribution is -2.30. The van der Waals surface area contributed by atoms with Gasteiger partial charge in [0.05, 0.1) is 12.9 Å². The highest BCUT2D eigenvalue weighted by Gasteiger charge is 2.40. The van der Waals surface area contributed by atoms with E-state index in [1.54, 1.807) is 4.57 Å². The summed E-state index contributed by atoms with van der Waals surface area (Å²) in [5.74, 6) is 0.209. The van der Waals surface area contributed by atoms with Crippen LogP contribution in [0.2, 0.25) is 0 Å². The molecule has 1 fully saturated rings. The Labute approximate surface area is 118 Å². The molecule has 2 aromatic heterocycles. The first kappa shape index (κ1) is 13.4. The topological polar surface area (TPSA) is 174 Å². The summed E-state index contributed by atoms with van der Waals surface area (Å²) in [7, 11) is 0. The number of aromatic nitrogens is 4. The fourth-order valence-corrected chi connectivity index (χ4v) is 2.39. The van der Waals surface area contributed by atoms with Gasteiger partial charge in [0.1, 0.15) is 11.7 Å². The van der Waals surface area contributed by atoms with E-state index in [1.165, 1.54) is 6.33 Å². The number of imidazole rings is 1. The smallest absolute Gasteiger partial charge is 0.224 e. The van der Waals surface area contributed by atoms with Crippen molar-refractivity contribution >= 4 is 22.9 Å². The van der Waals surface area contributed by atoms with Gasteiger partial charge in [0.25, 0.3) is 0 Å². The zero-order chi connectivity index (χ0) is 15.0. The van der Waals surface area contributed by atoms with Crippen LogP contribution in [0.15, 0.2) is 11.4 Å². The van der Waals surface area contributed by atoms with Crippen LogP contribution in [0.4, 0.5) is 11.8 Å². The number of azide groups is 1. The first-order chi connectivity index (χ1) is 10.1. The van der Waals surface area contributed by atoms with Crippen LogP contribution in [0.3, 0.4) is 0 Å². The molecule has 3 heterocycles. The maximum Gasteiger partial charge on any atom is 0.224 e. The number of hydrogen-bond acceptors (Lipinski definition) is 8. The van der Waals surface area contributed by atoms with Crippen LogP contribution in [-0.4, -0.2) is 37.0 Å². The molecule has 2 atom stereocenters. The minimum Gasteiger partial charge on any atom is -0.393 e. The van der Waals surface area contributed by atoms with Gasteiger partial charge in [0.2, 0.25) is 5.95 Å². The number of nitrogen functional groups attached to an aromatic ring is 2. The predicted molar refractivity (Wildman–Crippen MR) is 72.5 cm³/mol. The number of hydrogen-bond donors (Lipinski definition) is 3. The third kappa shape index (κ3) is 2.09. The van der Waals surface area contributed by atoms with Crippen LogP contribution in [-0.2, 0) is 4.74 Å². The minimum atomic E-state index is -1.26. The SMILES string of the molecule is [N-]=[N+]=N[C@@]1(CO)CC[C@@H](n2cnc3c(N)nc(N)nc32)O1. The summed E-state index contributed by atoms with van der Waals surface area (Å²) in [4.78, 5) is 14.8. The van der Waals surface area contributed by atoms with Crippen molar-refractivity contribution in [3.63, 3.8) is 0 Å². The molecule has 0 spiro atoms. The van der Waals surface area contributed by atoms with Crippen LogP contribution in [0.5, 0.6) is 0 Å². The Morgan fingerprint density at radius 1 is 1.57 bits per heavy atom. The number of nitrogens with zero attached hydrogens (tertiary/aromatic N) is 7. The van der Waals surface area contributed by atoms with Crippen LogP contribution >= 0.6 is 0 Å². The van der Waals surface area contributed by atoms with Crippen molar-refractivity contribution in [3.8, 4) is 0 Å². The van der Waals surface area contributed by atoms with E-state index in [0.29, 0.717) is 24.0 Å². The van der Waals surface area contributed by atoms with Gasteiger partial charge in [0.15, 0.2) is 17.2 Å². The first-order valence-electron chi connectivity index (χ1n) is 6.19. The van der Waals surface area contributed by atoms with Crippen molar-refractivity contribution in [2.45, 2.75) is 24.8 Å². The molecule has 0 aromatic carbocycles. The number of nitrogens with two attached hydrogens (primary N) is 2. The molecule has 1 saturated heterocycles. The van der Waals surface area contributed by atoms with E-state index in [4.69, 9.17) is 21.7 Å². The van der Waals surface area contributed by atoms with E-state index in [9.17, 15) is 5.11 Å². The van der Waals surface area contributed by atoms with Gasteiger partial charge >= 0.3 is 0 Å². The normalized spacial score (nSPS) is 25.1. The summed E-state index contributed by atoms with van der Waals surface area (Å²) >= 11 is 0. The molecular weight excluding hydrogens is 278 g/mol. The molecule has 110 valence electrons. The van der Waals surface area contributed by atoms with Gasteiger partial charge in [-0.05, 0) is 18.4 Å². The lowest BCUT2D eigenvalue weighted by molar-refractivity contribution is -0.0925. The molecule has 5 N–H and O–H groups in total. The molecule has 0 bridgehead atoms. The monoisotopic (exact) mass is 291 g/mol. The third-order valence-corrected chi connectivity index (χ3v) is 3.39. The number of rotatable bonds is 3. The molecule has 3 rings (SSSR count). The molecule has 0 radical (unpaired) electrons. The van der Waals surface area contributed by atoms with Crippen molar-refractivity contribution in [2.75, 3.05) is 18.1 Å². The largest absolute Gasteiger partial charge is 0.393 e. The highest BCUT2D eigenvalue weighted by molar-refractivity contribution is 5.82. The van der Waals surface area contributed by atoms with Gasteiger partial charge in [-0.1, -0.05) is 5.11 Å². The van der Waals surface area contributed by atoms with Gasteiger partial charge in [0, 0.05) is 4.91 Å². The van der Waals surface area contributed by atoms with Gasteiger partial charge in [-0.2, -0.15) is 9.97 Å². The Morgan fingerprint density at radius 2 is 2.38 bits per heavy atom. The minimum absolute atomic E-state index is 0.0308. The first-order valence-corrected chi connectivity index (χ1v) is 6.19. The van der Waals surface area contributed by atoms with Crippen LogP contribution in [0, 0.1) is 0 Å². The van der Waals surface area contributed by atoms with Crippen molar-refractivity contribution in [1.82, 2.24) is 19.5 Å². The average molecular weight is 291 g/mol. The second-order valence-electron chi connectivity index (χ2n) is 4.70. The van der Waals surface area contributed by atoms with Gasteiger partial charge in [-0.25, -0.2) is 4.98 Å². The molecule has 1 aliphatic rings. The second-order valence-corrected chi connectivity index (χ2v) is 4.70.